The van der Waals surface area contributed by atoms with Gasteiger partial charge in [0.05, 0.1) is 23.0 Å². The summed E-state index contributed by atoms with van der Waals surface area (Å²) in [5, 5.41) is 12.1. The van der Waals surface area contributed by atoms with Gasteiger partial charge in [-0.25, -0.2) is 0 Å². The fourth-order valence-electron chi connectivity index (χ4n) is 1.76. The molecular formula is C15H16N4. The maximum absolute atomic E-state index is 8.81. The number of nitriles is 1. The van der Waals surface area contributed by atoms with Gasteiger partial charge in [-0.05, 0) is 36.4 Å². The minimum Gasteiger partial charge on any atom is -0.397 e. The van der Waals surface area contributed by atoms with Crippen LogP contribution in [0.2, 0.25) is 0 Å². The van der Waals surface area contributed by atoms with E-state index in [9.17, 15) is 0 Å². The Balaban J connectivity index is 2.26. The van der Waals surface area contributed by atoms with Gasteiger partial charge in [0, 0.05) is 25.5 Å². The van der Waals surface area contributed by atoms with Gasteiger partial charge in [0.2, 0.25) is 0 Å². The molecule has 2 aromatic rings. The van der Waals surface area contributed by atoms with Gasteiger partial charge in [0.25, 0.3) is 0 Å². The lowest BCUT2D eigenvalue weighted by Crippen LogP contribution is -2.08. The van der Waals surface area contributed by atoms with Crippen LogP contribution in [0.4, 0.5) is 22.7 Å². The third-order valence-corrected chi connectivity index (χ3v) is 2.82. The predicted octanol–water partition coefficient (Wildman–Crippen LogP) is 2.95. The molecule has 0 radical (unpaired) electrons. The lowest BCUT2D eigenvalue weighted by atomic mass is 10.2. The van der Waals surface area contributed by atoms with E-state index in [1.54, 1.807) is 12.1 Å². The van der Waals surface area contributed by atoms with Crippen LogP contribution in [0, 0.1) is 11.3 Å². The molecule has 19 heavy (non-hydrogen) atoms. The summed E-state index contributed by atoms with van der Waals surface area (Å²) in [4.78, 5) is 2.04. The van der Waals surface area contributed by atoms with E-state index in [2.05, 4.69) is 11.4 Å². The second-order valence-corrected chi connectivity index (χ2v) is 4.48. The largest absolute Gasteiger partial charge is 0.397 e. The van der Waals surface area contributed by atoms with E-state index in [-0.39, 0.29) is 0 Å². The molecule has 0 bridgehead atoms. The normalized spacial score (nSPS) is 9.74. The van der Waals surface area contributed by atoms with Crippen molar-refractivity contribution in [1.82, 2.24) is 0 Å². The smallest absolute Gasteiger partial charge is 0.0992 e. The van der Waals surface area contributed by atoms with E-state index in [1.165, 1.54) is 0 Å². The van der Waals surface area contributed by atoms with Gasteiger partial charge in [0.15, 0.2) is 0 Å². The zero-order chi connectivity index (χ0) is 13.8. The van der Waals surface area contributed by atoms with E-state index < -0.39 is 0 Å². The molecule has 0 unspecified atom stereocenters. The quantitative estimate of drug-likeness (QED) is 0.824. The first-order chi connectivity index (χ1) is 9.10. The first kappa shape index (κ1) is 12.8. The van der Waals surface area contributed by atoms with Crippen LogP contribution in [0.15, 0.2) is 42.5 Å². The zero-order valence-corrected chi connectivity index (χ0v) is 11.0. The molecule has 2 aromatic carbocycles. The highest BCUT2D eigenvalue weighted by Gasteiger charge is 2.02. The first-order valence-corrected chi connectivity index (χ1v) is 5.94. The number of anilines is 4. The third-order valence-electron chi connectivity index (χ3n) is 2.82. The Morgan fingerprint density at radius 1 is 1.16 bits per heavy atom. The molecular weight excluding hydrogens is 236 g/mol. The molecule has 0 aliphatic rings. The van der Waals surface area contributed by atoms with E-state index in [1.807, 2.05) is 49.3 Å². The molecule has 0 spiro atoms. The lowest BCUT2D eigenvalue weighted by molar-refractivity contribution is 1.13. The van der Waals surface area contributed by atoms with Gasteiger partial charge >= 0.3 is 0 Å². The second kappa shape index (κ2) is 5.32. The number of nitrogens with two attached hydrogens (primary N) is 1. The molecule has 2 rings (SSSR count). The van der Waals surface area contributed by atoms with E-state index in [0.29, 0.717) is 11.3 Å². The Morgan fingerprint density at radius 2 is 1.95 bits per heavy atom. The van der Waals surface area contributed by atoms with Gasteiger partial charge in [-0.3, -0.25) is 0 Å². The van der Waals surface area contributed by atoms with Crippen LogP contribution < -0.4 is 16.0 Å². The van der Waals surface area contributed by atoms with Gasteiger partial charge in [-0.15, -0.1) is 0 Å². The number of benzene rings is 2. The van der Waals surface area contributed by atoms with Crippen molar-refractivity contribution >= 4 is 22.7 Å². The molecule has 0 aliphatic carbocycles. The summed E-state index contributed by atoms with van der Waals surface area (Å²) in [6.07, 6.45) is 0. The van der Waals surface area contributed by atoms with Crippen molar-refractivity contribution in [2.75, 3.05) is 30.0 Å². The monoisotopic (exact) mass is 252 g/mol. The minimum atomic E-state index is 0.560. The van der Waals surface area contributed by atoms with Crippen LogP contribution in [-0.4, -0.2) is 14.1 Å². The molecule has 0 heterocycles. The fourth-order valence-corrected chi connectivity index (χ4v) is 1.76. The number of hydrogen-bond acceptors (Lipinski definition) is 4. The summed E-state index contributed by atoms with van der Waals surface area (Å²) in [6, 6.07) is 15.3. The maximum atomic E-state index is 8.81. The number of nitrogens with zero attached hydrogens (tertiary/aromatic N) is 2. The van der Waals surface area contributed by atoms with Crippen LogP contribution >= 0.6 is 0 Å². The van der Waals surface area contributed by atoms with Crippen molar-refractivity contribution in [1.29, 1.82) is 5.26 Å². The summed E-state index contributed by atoms with van der Waals surface area (Å²) in [5.74, 6) is 0. The molecule has 4 heteroatoms. The van der Waals surface area contributed by atoms with Crippen molar-refractivity contribution in [2.45, 2.75) is 0 Å². The molecule has 0 aromatic heterocycles. The van der Waals surface area contributed by atoms with Gasteiger partial charge < -0.3 is 16.0 Å². The van der Waals surface area contributed by atoms with E-state index >= 15 is 0 Å². The van der Waals surface area contributed by atoms with Crippen molar-refractivity contribution in [3.05, 3.63) is 48.0 Å². The van der Waals surface area contributed by atoms with Crippen LogP contribution in [-0.2, 0) is 0 Å². The first-order valence-electron chi connectivity index (χ1n) is 5.94. The minimum absolute atomic E-state index is 0.560. The van der Waals surface area contributed by atoms with E-state index in [0.717, 1.165) is 17.1 Å². The Kier molecular flexibility index (Phi) is 3.58. The highest BCUT2D eigenvalue weighted by molar-refractivity contribution is 5.75. The zero-order valence-electron chi connectivity index (χ0n) is 11.0. The molecule has 0 saturated carbocycles. The topological polar surface area (TPSA) is 65.1 Å². The SMILES string of the molecule is CN(C)c1cccc(Nc2ccc(C#N)cc2N)c1. The summed E-state index contributed by atoms with van der Waals surface area (Å²) in [6.45, 7) is 0. The predicted molar refractivity (Wildman–Crippen MR) is 79.6 cm³/mol. The number of nitrogen functional groups attached to an aromatic ring is 1. The molecule has 3 N–H and O–H groups in total. The molecule has 4 nitrogen and oxygen atoms in total. The average molecular weight is 252 g/mol. The summed E-state index contributed by atoms with van der Waals surface area (Å²) >= 11 is 0. The summed E-state index contributed by atoms with van der Waals surface area (Å²) in [7, 11) is 3.99. The Morgan fingerprint density at radius 3 is 2.58 bits per heavy atom. The Bertz CT molecular complexity index is 626. The van der Waals surface area contributed by atoms with Crippen LogP contribution in [0.1, 0.15) is 5.56 Å². The highest BCUT2D eigenvalue weighted by atomic mass is 15.1. The third kappa shape index (κ3) is 2.96. The fraction of sp³-hybridized carbons (Fsp3) is 0.133. The van der Waals surface area contributed by atoms with Gasteiger partial charge in [-0.1, -0.05) is 6.07 Å². The van der Waals surface area contributed by atoms with Gasteiger partial charge in [-0.2, -0.15) is 5.26 Å². The highest BCUT2D eigenvalue weighted by Crippen LogP contribution is 2.26. The Hall–Kier alpha value is -2.67. The molecule has 0 saturated heterocycles. The van der Waals surface area contributed by atoms with Gasteiger partial charge in [0.1, 0.15) is 0 Å². The second-order valence-electron chi connectivity index (χ2n) is 4.48. The molecule has 0 atom stereocenters. The standard InChI is InChI=1S/C15H16N4/c1-19(2)13-5-3-4-12(9-13)18-15-7-6-11(10-16)8-14(15)17/h3-9,18H,17H2,1-2H3. The van der Waals surface area contributed by atoms with Crippen molar-refractivity contribution in [3.63, 3.8) is 0 Å². The van der Waals surface area contributed by atoms with Crippen molar-refractivity contribution < 1.29 is 0 Å². The molecule has 0 aliphatic heterocycles. The maximum Gasteiger partial charge on any atom is 0.0992 e. The van der Waals surface area contributed by atoms with Crippen LogP contribution in [0.3, 0.4) is 0 Å². The van der Waals surface area contributed by atoms with Crippen LogP contribution in [0.5, 0.6) is 0 Å². The number of hydrogen-bond donors (Lipinski definition) is 2. The summed E-state index contributed by atoms with van der Waals surface area (Å²) in [5.41, 5.74) is 9.91. The van der Waals surface area contributed by atoms with Crippen molar-refractivity contribution in [3.8, 4) is 6.07 Å². The Labute approximate surface area is 113 Å². The number of nitrogens with one attached hydrogen (secondary N) is 1. The molecule has 0 amide bonds. The summed E-state index contributed by atoms with van der Waals surface area (Å²) < 4.78 is 0. The van der Waals surface area contributed by atoms with Crippen molar-refractivity contribution in [2.24, 2.45) is 0 Å². The lowest BCUT2D eigenvalue weighted by Gasteiger charge is -2.15. The average Bonchev–Trinajstić information content (AvgIpc) is 2.41. The van der Waals surface area contributed by atoms with Crippen LogP contribution in [0.25, 0.3) is 0 Å². The van der Waals surface area contributed by atoms with E-state index in [4.69, 9.17) is 11.0 Å². The molecule has 96 valence electrons. The molecule has 0 fully saturated rings. The number of rotatable bonds is 3.